The van der Waals surface area contributed by atoms with Crippen molar-refractivity contribution < 1.29 is 4.92 Å². The molecule has 0 aliphatic carbocycles. The topological polar surface area (TPSA) is 67.5 Å². The summed E-state index contributed by atoms with van der Waals surface area (Å²) in [6.07, 6.45) is 0. The summed E-state index contributed by atoms with van der Waals surface area (Å²) in [6.45, 7) is -0.223. The minimum absolute atomic E-state index is 0.188. The maximum Gasteiger partial charge on any atom is 0.260 e. The summed E-state index contributed by atoms with van der Waals surface area (Å²) in [5.74, 6) is 0.188. The van der Waals surface area contributed by atoms with E-state index in [9.17, 15) is 10.1 Å². The third-order valence-electron chi connectivity index (χ3n) is 2.83. The van der Waals surface area contributed by atoms with E-state index >= 15 is 0 Å². The SMILES string of the molecule is O=[N+]([O-])CC(=NCc1ccccc1Cl)Nc1cc(Cl)cc(Cl)c1. The number of aliphatic imine (C=N–C) groups is 1. The van der Waals surface area contributed by atoms with Crippen molar-refractivity contribution in [2.75, 3.05) is 11.9 Å². The lowest BCUT2D eigenvalue weighted by Crippen LogP contribution is -2.22. The first-order valence-corrected chi connectivity index (χ1v) is 7.69. The van der Waals surface area contributed by atoms with Crippen molar-refractivity contribution in [1.82, 2.24) is 0 Å². The average molecular weight is 373 g/mol. The number of benzene rings is 2. The number of nitrogens with one attached hydrogen (secondary N) is 1. The van der Waals surface area contributed by atoms with Crippen LogP contribution in [0.25, 0.3) is 0 Å². The highest BCUT2D eigenvalue weighted by atomic mass is 35.5. The van der Waals surface area contributed by atoms with Crippen molar-refractivity contribution in [1.29, 1.82) is 0 Å². The summed E-state index contributed by atoms with van der Waals surface area (Å²) < 4.78 is 0. The Morgan fingerprint density at radius 2 is 1.78 bits per heavy atom. The van der Waals surface area contributed by atoms with Gasteiger partial charge in [-0.2, -0.15) is 0 Å². The molecule has 23 heavy (non-hydrogen) atoms. The number of hydrogen-bond acceptors (Lipinski definition) is 3. The van der Waals surface area contributed by atoms with Gasteiger partial charge in [0.15, 0.2) is 5.84 Å². The molecular weight excluding hydrogens is 361 g/mol. The number of halogens is 3. The Hall–Kier alpha value is -1.82. The van der Waals surface area contributed by atoms with Gasteiger partial charge in [0.25, 0.3) is 6.54 Å². The van der Waals surface area contributed by atoms with Gasteiger partial charge in [0.1, 0.15) is 0 Å². The minimum atomic E-state index is -0.468. The van der Waals surface area contributed by atoms with E-state index in [1.54, 1.807) is 30.3 Å². The Bertz CT molecular complexity index is 730. The molecule has 0 aliphatic heterocycles. The first-order chi connectivity index (χ1) is 10.9. The Morgan fingerprint density at radius 3 is 2.39 bits per heavy atom. The van der Waals surface area contributed by atoms with Gasteiger partial charge in [-0.05, 0) is 29.8 Å². The summed E-state index contributed by atoms with van der Waals surface area (Å²) in [6, 6.07) is 12.0. The van der Waals surface area contributed by atoms with E-state index in [-0.39, 0.29) is 12.4 Å². The summed E-state index contributed by atoms with van der Waals surface area (Å²) >= 11 is 17.9. The van der Waals surface area contributed by atoms with Gasteiger partial charge in [-0.25, -0.2) is 0 Å². The third kappa shape index (κ3) is 5.71. The third-order valence-corrected chi connectivity index (χ3v) is 3.63. The summed E-state index contributed by atoms with van der Waals surface area (Å²) in [5.41, 5.74) is 1.31. The predicted molar refractivity (Wildman–Crippen MR) is 94.5 cm³/mol. The first-order valence-electron chi connectivity index (χ1n) is 6.55. The molecule has 0 aromatic heterocycles. The van der Waals surface area contributed by atoms with Crippen LogP contribution in [0, 0.1) is 10.1 Å². The van der Waals surface area contributed by atoms with Crippen molar-refractivity contribution in [3.8, 4) is 0 Å². The monoisotopic (exact) mass is 371 g/mol. The molecule has 5 nitrogen and oxygen atoms in total. The second-order valence-corrected chi connectivity index (χ2v) is 5.91. The van der Waals surface area contributed by atoms with Crippen LogP contribution >= 0.6 is 34.8 Å². The zero-order valence-corrected chi connectivity index (χ0v) is 14.1. The van der Waals surface area contributed by atoms with Crippen molar-refractivity contribution in [3.63, 3.8) is 0 Å². The number of hydrogen-bond donors (Lipinski definition) is 1. The molecule has 1 N–H and O–H groups in total. The summed E-state index contributed by atoms with van der Waals surface area (Å²) in [7, 11) is 0. The molecule has 8 heteroatoms. The highest BCUT2D eigenvalue weighted by Gasteiger charge is 2.10. The van der Waals surface area contributed by atoms with Crippen LogP contribution in [0.1, 0.15) is 5.56 Å². The lowest BCUT2D eigenvalue weighted by atomic mass is 10.2. The van der Waals surface area contributed by atoms with Crippen molar-refractivity contribution in [2.45, 2.75) is 6.54 Å². The molecule has 0 aliphatic rings. The van der Waals surface area contributed by atoms with E-state index < -0.39 is 11.5 Å². The molecular formula is C15H12Cl3N3O2. The average Bonchev–Trinajstić information content (AvgIpc) is 2.44. The van der Waals surface area contributed by atoms with E-state index in [4.69, 9.17) is 34.8 Å². The molecule has 0 amide bonds. The highest BCUT2D eigenvalue weighted by Crippen LogP contribution is 2.22. The van der Waals surface area contributed by atoms with E-state index in [1.807, 2.05) is 12.1 Å². The fourth-order valence-corrected chi connectivity index (χ4v) is 2.57. The van der Waals surface area contributed by atoms with E-state index in [1.165, 1.54) is 0 Å². The van der Waals surface area contributed by atoms with Crippen LogP contribution in [-0.4, -0.2) is 17.3 Å². The largest absolute Gasteiger partial charge is 0.338 e. The van der Waals surface area contributed by atoms with Gasteiger partial charge in [0.2, 0.25) is 0 Å². The summed E-state index contributed by atoms with van der Waals surface area (Å²) in [5, 5.41) is 15.1. The van der Waals surface area contributed by atoms with Gasteiger partial charge < -0.3 is 5.32 Å². The van der Waals surface area contributed by atoms with Crippen LogP contribution in [0.5, 0.6) is 0 Å². The van der Waals surface area contributed by atoms with Crippen molar-refractivity contribution >= 4 is 46.3 Å². The molecule has 2 aromatic rings. The molecule has 0 unspecified atom stereocenters. The van der Waals surface area contributed by atoms with Gasteiger partial charge in [0, 0.05) is 25.7 Å². The highest BCUT2D eigenvalue weighted by molar-refractivity contribution is 6.35. The van der Waals surface area contributed by atoms with Gasteiger partial charge in [0.05, 0.1) is 6.54 Å². The van der Waals surface area contributed by atoms with Crippen LogP contribution in [0.2, 0.25) is 15.1 Å². The molecule has 0 saturated carbocycles. The molecule has 0 heterocycles. The normalized spacial score (nSPS) is 11.3. The Kier molecular flexibility index (Phi) is 6.21. The smallest absolute Gasteiger partial charge is 0.260 e. The molecule has 0 radical (unpaired) electrons. The van der Waals surface area contributed by atoms with Crippen molar-refractivity contribution in [3.05, 3.63) is 73.2 Å². The van der Waals surface area contributed by atoms with Gasteiger partial charge in [-0.15, -0.1) is 0 Å². The van der Waals surface area contributed by atoms with Gasteiger partial charge in [-0.1, -0.05) is 53.0 Å². The van der Waals surface area contributed by atoms with Gasteiger partial charge >= 0.3 is 0 Å². The molecule has 2 aromatic carbocycles. The van der Waals surface area contributed by atoms with E-state index in [0.717, 1.165) is 5.56 Å². The zero-order valence-electron chi connectivity index (χ0n) is 11.8. The molecule has 0 fully saturated rings. The molecule has 0 bridgehead atoms. The summed E-state index contributed by atoms with van der Waals surface area (Å²) in [4.78, 5) is 14.6. The molecule has 2 rings (SSSR count). The van der Waals surface area contributed by atoms with Crippen LogP contribution in [-0.2, 0) is 6.54 Å². The first kappa shape index (κ1) is 17.5. The van der Waals surface area contributed by atoms with E-state index in [2.05, 4.69) is 10.3 Å². The van der Waals surface area contributed by atoms with Crippen LogP contribution in [0.15, 0.2) is 47.5 Å². The number of amidine groups is 1. The fraction of sp³-hybridized carbons (Fsp3) is 0.133. The lowest BCUT2D eigenvalue weighted by Gasteiger charge is -2.08. The number of nitro groups is 1. The number of anilines is 1. The lowest BCUT2D eigenvalue weighted by molar-refractivity contribution is -0.463. The maximum atomic E-state index is 10.8. The predicted octanol–water partition coefficient (Wildman–Crippen LogP) is 4.93. The van der Waals surface area contributed by atoms with Crippen LogP contribution in [0.4, 0.5) is 5.69 Å². The van der Waals surface area contributed by atoms with Crippen molar-refractivity contribution in [2.24, 2.45) is 4.99 Å². The zero-order chi connectivity index (χ0) is 16.8. The standard InChI is InChI=1S/C15H12Cl3N3O2/c16-11-5-12(17)7-13(6-11)20-15(9-21(22)23)19-8-10-3-1-2-4-14(10)18/h1-7H,8-9H2,(H,19,20). The molecule has 0 saturated heterocycles. The number of rotatable bonds is 5. The van der Waals surface area contributed by atoms with Crippen LogP contribution in [0.3, 0.4) is 0 Å². The molecule has 0 atom stereocenters. The Balaban J connectivity index is 2.20. The quantitative estimate of drug-likeness (QED) is 0.350. The maximum absolute atomic E-state index is 10.8. The Labute approximate surface area is 148 Å². The number of nitrogens with zero attached hydrogens (tertiary/aromatic N) is 2. The molecule has 120 valence electrons. The Morgan fingerprint density at radius 1 is 1.13 bits per heavy atom. The second-order valence-electron chi connectivity index (χ2n) is 4.63. The second kappa shape index (κ2) is 8.15. The fourth-order valence-electron chi connectivity index (χ4n) is 1.85. The van der Waals surface area contributed by atoms with Crippen LogP contribution < -0.4 is 5.32 Å². The molecule has 0 spiro atoms. The van der Waals surface area contributed by atoms with Gasteiger partial charge in [-0.3, -0.25) is 15.1 Å². The minimum Gasteiger partial charge on any atom is -0.338 e. The van der Waals surface area contributed by atoms with E-state index in [0.29, 0.717) is 20.8 Å².